The second-order valence-corrected chi connectivity index (χ2v) is 4.51. The Balaban J connectivity index is 2.19. The second-order valence-electron chi connectivity index (χ2n) is 4.51. The summed E-state index contributed by atoms with van der Waals surface area (Å²) in [5.74, 6) is 0. The number of nitrogens with one attached hydrogen (secondary N) is 1. The predicted molar refractivity (Wildman–Crippen MR) is 78.6 cm³/mol. The molecule has 0 radical (unpaired) electrons. The van der Waals surface area contributed by atoms with Crippen molar-refractivity contribution in [1.29, 1.82) is 0 Å². The molecule has 0 fully saturated rings. The summed E-state index contributed by atoms with van der Waals surface area (Å²) >= 11 is 0. The third-order valence-electron chi connectivity index (χ3n) is 3.28. The average molecular weight is 239 g/mol. The van der Waals surface area contributed by atoms with E-state index in [4.69, 9.17) is 0 Å². The summed E-state index contributed by atoms with van der Waals surface area (Å²) in [6, 6.07) is 19.9. The number of benzene rings is 2. The van der Waals surface area contributed by atoms with Gasteiger partial charge in [0.15, 0.2) is 0 Å². The Hall–Kier alpha value is -1.60. The third-order valence-corrected chi connectivity index (χ3v) is 3.28. The van der Waals surface area contributed by atoms with E-state index in [2.05, 4.69) is 73.8 Å². The van der Waals surface area contributed by atoms with Gasteiger partial charge in [-0.2, -0.15) is 0 Å². The number of rotatable bonds is 5. The van der Waals surface area contributed by atoms with E-state index in [1.165, 1.54) is 16.7 Å². The maximum atomic E-state index is 3.51. The topological polar surface area (TPSA) is 12.0 Å². The lowest BCUT2D eigenvalue weighted by Gasteiger charge is -2.16. The highest BCUT2D eigenvalue weighted by molar-refractivity contribution is 5.63. The molecule has 0 amide bonds. The standard InChI is InChI=1S/C17H21N/c1-3-17(18-4-2)16-12-10-15(11-13-16)14-8-6-5-7-9-14/h5-13,17-18H,3-4H2,1-2H3. The van der Waals surface area contributed by atoms with Gasteiger partial charge < -0.3 is 5.32 Å². The van der Waals surface area contributed by atoms with E-state index in [9.17, 15) is 0 Å². The molecular formula is C17H21N. The van der Waals surface area contributed by atoms with Gasteiger partial charge in [0.1, 0.15) is 0 Å². The molecule has 0 aliphatic carbocycles. The van der Waals surface area contributed by atoms with E-state index in [-0.39, 0.29) is 0 Å². The molecule has 0 spiro atoms. The van der Waals surface area contributed by atoms with Crippen LogP contribution in [0.2, 0.25) is 0 Å². The highest BCUT2D eigenvalue weighted by Gasteiger charge is 2.07. The highest BCUT2D eigenvalue weighted by atomic mass is 14.9. The lowest BCUT2D eigenvalue weighted by atomic mass is 9.99. The first-order valence-corrected chi connectivity index (χ1v) is 6.74. The van der Waals surface area contributed by atoms with E-state index in [0.717, 1.165) is 13.0 Å². The van der Waals surface area contributed by atoms with Gasteiger partial charge in [0.05, 0.1) is 0 Å². The maximum absolute atomic E-state index is 3.51. The van der Waals surface area contributed by atoms with Crippen LogP contribution < -0.4 is 5.32 Å². The lowest BCUT2D eigenvalue weighted by Crippen LogP contribution is -2.19. The van der Waals surface area contributed by atoms with E-state index < -0.39 is 0 Å². The zero-order valence-corrected chi connectivity index (χ0v) is 11.2. The summed E-state index contributed by atoms with van der Waals surface area (Å²) in [6.07, 6.45) is 1.12. The lowest BCUT2D eigenvalue weighted by molar-refractivity contribution is 0.537. The van der Waals surface area contributed by atoms with Gasteiger partial charge in [-0.25, -0.2) is 0 Å². The van der Waals surface area contributed by atoms with Crippen LogP contribution in [0.5, 0.6) is 0 Å². The first-order chi connectivity index (χ1) is 8.85. The van der Waals surface area contributed by atoms with Crippen molar-refractivity contribution in [2.24, 2.45) is 0 Å². The van der Waals surface area contributed by atoms with E-state index in [1.807, 2.05) is 0 Å². The Labute approximate surface area is 110 Å². The zero-order valence-electron chi connectivity index (χ0n) is 11.2. The van der Waals surface area contributed by atoms with E-state index >= 15 is 0 Å². The van der Waals surface area contributed by atoms with E-state index in [0.29, 0.717) is 6.04 Å². The molecule has 1 nitrogen and oxygen atoms in total. The fraction of sp³-hybridized carbons (Fsp3) is 0.294. The first-order valence-electron chi connectivity index (χ1n) is 6.74. The molecule has 0 bridgehead atoms. The van der Waals surface area contributed by atoms with Gasteiger partial charge in [-0.15, -0.1) is 0 Å². The summed E-state index contributed by atoms with van der Waals surface area (Å²) in [5, 5.41) is 3.51. The summed E-state index contributed by atoms with van der Waals surface area (Å²) in [4.78, 5) is 0. The molecule has 1 atom stereocenters. The molecule has 0 saturated carbocycles. The molecular weight excluding hydrogens is 218 g/mol. The predicted octanol–water partition coefficient (Wildman–Crippen LogP) is 4.41. The number of hydrogen-bond donors (Lipinski definition) is 1. The minimum atomic E-state index is 0.472. The smallest absolute Gasteiger partial charge is 0.0317 e. The van der Waals surface area contributed by atoms with Crippen LogP contribution in [-0.2, 0) is 0 Å². The molecule has 0 aliphatic heterocycles. The molecule has 2 aromatic carbocycles. The Bertz CT molecular complexity index is 459. The van der Waals surface area contributed by atoms with Crippen LogP contribution in [-0.4, -0.2) is 6.54 Å². The van der Waals surface area contributed by atoms with Gasteiger partial charge in [0, 0.05) is 6.04 Å². The number of hydrogen-bond acceptors (Lipinski definition) is 1. The van der Waals surface area contributed by atoms with Crippen LogP contribution >= 0.6 is 0 Å². The molecule has 0 heterocycles. The van der Waals surface area contributed by atoms with Crippen molar-refractivity contribution in [3.63, 3.8) is 0 Å². The summed E-state index contributed by atoms with van der Waals surface area (Å²) in [5.41, 5.74) is 3.94. The minimum absolute atomic E-state index is 0.472. The maximum Gasteiger partial charge on any atom is 0.0317 e. The molecule has 2 rings (SSSR count). The van der Waals surface area contributed by atoms with Gasteiger partial charge in [-0.05, 0) is 29.7 Å². The Kier molecular flexibility index (Phi) is 4.54. The van der Waals surface area contributed by atoms with Crippen LogP contribution in [0.25, 0.3) is 11.1 Å². The van der Waals surface area contributed by atoms with Crippen LogP contribution in [0.3, 0.4) is 0 Å². The average Bonchev–Trinajstić information content (AvgIpc) is 2.46. The molecule has 2 aromatic rings. The SMILES string of the molecule is CCNC(CC)c1ccc(-c2ccccc2)cc1. The van der Waals surface area contributed by atoms with Crippen molar-refractivity contribution in [2.75, 3.05) is 6.54 Å². The van der Waals surface area contributed by atoms with Gasteiger partial charge in [-0.1, -0.05) is 68.4 Å². The van der Waals surface area contributed by atoms with Crippen LogP contribution in [0.4, 0.5) is 0 Å². The summed E-state index contributed by atoms with van der Waals surface area (Å²) in [6.45, 7) is 5.39. The summed E-state index contributed by atoms with van der Waals surface area (Å²) in [7, 11) is 0. The van der Waals surface area contributed by atoms with Crippen molar-refractivity contribution < 1.29 is 0 Å². The highest BCUT2D eigenvalue weighted by Crippen LogP contribution is 2.22. The zero-order chi connectivity index (χ0) is 12.8. The van der Waals surface area contributed by atoms with Crippen molar-refractivity contribution >= 4 is 0 Å². The summed E-state index contributed by atoms with van der Waals surface area (Å²) < 4.78 is 0. The fourth-order valence-electron chi connectivity index (χ4n) is 2.28. The molecule has 94 valence electrons. The molecule has 1 heteroatoms. The van der Waals surface area contributed by atoms with Gasteiger partial charge in [0.25, 0.3) is 0 Å². The third kappa shape index (κ3) is 2.99. The van der Waals surface area contributed by atoms with Gasteiger partial charge in [-0.3, -0.25) is 0 Å². The Morgan fingerprint density at radius 3 is 2.00 bits per heavy atom. The molecule has 0 saturated heterocycles. The first kappa shape index (κ1) is 12.8. The minimum Gasteiger partial charge on any atom is -0.310 e. The molecule has 0 aliphatic rings. The second kappa shape index (κ2) is 6.36. The Morgan fingerprint density at radius 1 is 0.833 bits per heavy atom. The van der Waals surface area contributed by atoms with Crippen LogP contribution in [0.1, 0.15) is 31.9 Å². The van der Waals surface area contributed by atoms with Crippen molar-refractivity contribution in [3.8, 4) is 11.1 Å². The molecule has 18 heavy (non-hydrogen) atoms. The quantitative estimate of drug-likeness (QED) is 0.814. The van der Waals surface area contributed by atoms with Crippen molar-refractivity contribution in [1.82, 2.24) is 5.32 Å². The fourth-order valence-corrected chi connectivity index (χ4v) is 2.28. The Morgan fingerprint density at radius 2 is 1.44 bits per heavy atom. The van der Waals surface area contributed by atoms with Crippen LogP contribution in [0.15, 0.2) is 54.6 Å². The van der Waals surface area contributed by atoms with Crippen molar-refractivity contribution in [3.05, 3.63) is 60.2 Å². The van der Waals surface area contributed by atoms with Gasteiger partial charge in [0.2, 0.25) is 0 Å². The molecule has 1 N–H and O–H groups in total. The van der Waals surface area contributed by atoms with Crippen LogP contribution in [0, 0.1) is 0 Å². The van der Waals surface area contributed by atoms with E-state index in [1.54, 1.807) is 0 Å². The largest absolute Gasteiger partial charge is 0.310 e. The van der Waals surface area contributed by atoms with Crippen molar-refractivity contribution in [2.45, 2.75) is 26.3 Å². The monoisotopic (exact) mass is 239 g/mol. The molecule has 1 unspecified atom stereocenters. The normalized spacial score (nSPS) is 12.3. The molecule has 0 aromatic heterocycles. The van der Waals surface area contributed by atoms with Gasteiger partial charge >= 0.3 is 0 Å².